The molecule has 0 bridgehead atoms. The van der Waals surface area contributed by atoms with Gasteiger partial charge in [0.2, 0.25) is 0 Å². The van der Waals surface area contributed by atoms with Crippen molar-refractivity contribution in [2.75, 3.05) is 40.0 Å². The number of rotatable bonds is 8. The van der Waals surface area contributed by atoms with Gasteiger partial charge in [0.1, 0.15) is 0 Å². The highest BCUT2D eigenvalue weighted by atomic mass is 127. The van der Waals surface area contributed by atoms with E-state index in [0.717, 1.165) is 45.1 Å². The summed E-state index contributed by atoms with van der Waals surface area (Å²) < 4.78 is 5.50. The van der Waals surface area contributed by atoms with E-state index in [-0.39, 0.29) is 36.0 Å². The molecule has 0 radical (unpaired) electrons. The van der Waals surface area contributed by atoms with Crippen LogP contribution in [0.15, 0.2) is 4.99 Å². The van der Waals surface area contributed by atoms with E-state index in [4.69, 9.17) is 4.74 Å². The Labute approximate surface area is 146 Å². The van der Waals surface area contributed by atoms with E-state index < -0.39 is 0 Å². The minimum absolute atomic E-state index is 0. The zero-order valence-electron chi connectivity index (χ0n) is 13.7. The third-order valence-electron chi connectivity index (χ3n) is 4.39. The Morgan fingerprint density at radius 2 is 2.05 bits per heavy atom. The van der Waals surface area contributed by atoms with Crippen LogP contribution in [0.4, 0.5) is 0 Å². The number of nitrogens with one attached hydrogen (secondary N) is 2. The Kier molecular flexibility index (Phi) is 11.4. The van der Waals surface area contributed by atoms with Gasteiger partial charge in [-0.2, -0.15) is 0 Å². The monoisotopic (exact) mass is 413 g/mol. The number of aliphatic hydroxyl groups excluding tert-OH is 1. The average molecular weight is 413 g/mol. The Morgan fingerprint density at radius 3 is 2.52 bits per heavy atom. The highest BCUT2D eigenvalue weighted by Crippen LogP contribution is 2.31. The largest absolute Gasteiger partial charge is 0.396 e. The van der Waals surface area contributed by atoms with Crippen LogP contribution in [0, 0.1) is 11.3 Å². The summed E-state index contributed by atoms with van der Waals surface area (Å²) in [6.45, 7) is 7.93. The van der Waals surface area contributed by atoms with Crippen molar-refractivity contribution >= 4 is 29.9 Å². The molecule has 0 aliphatic carbocycles. The van der Waals surface area contributed by atoms with E-state index in [0.29, 0.717) is 5.92 Å². The SMILES string of the molecule is CCC(CC)CNC(=NC)NCC1(CCO)CCOC1.I. The average Bonchev–Trinajstić information content (AvgIpc) is 2.92. The maximum Gasteiger partial charge on any atom is 0.191 e. The van der Waals surface area contributed by atoms with Crippen LogP contribution in [0.25, 0.3) is 0 Å². The first-order valence-corrected chi connectivity index (χ1v) is 7.82. The fourth-order valence-electron chi connectivity index (χ4n) is 2.62. The van der Waals surface area contributed by atoms with E-state index in [1.165, 1.54) is 12.8 Å². The first-order chi connectivity index (χ1) is 9.69. The number of aliphatic hydroxyl groups is 1. The van der Waals surface area contributed by atoms with Crippen LogP contribution in [-0.2, 0) is 4.74 Å². The molecule has 0 aromatic heterocycles. The predicted molar refractivity (Wildman–Crippen MR) is 98.4 cm³/mol. The molecule has 5 nitrogen and oxygen atoms in total. The van der Waals surface area contributed by atoms with Crippen molar-refractivity contribution in [3.05, 3.63) is 0 Å². The molecule has 1 unspecified atom stereocenters. The normalized spacial score (nSPS) is 22.2. The Balaban J connectivity index is 0.00000400. The highest BCUT2D eigenvalue weighted by molar-refractivity contribution is 14.0. The van der Waals surface area contributed by atoms with Gasteiger partial charge in [-0.3, -0.25) is 4.99 Å². The van der Waals surface area contributed by atoms with Crippen molar-refractivity contribution in [1.82, 2.24) is 10.6 Å². The highest BCUT2D eigenvalue weighted by Gasteiger charge is 2.34. The van der Waals surface area contributed by atoms with Crippen molar-refractivity contribution in [3.63, 3.8) is 0 Å². The Bertz CT molecular complexity index is 291. The summed E-state index contributed by atoms with van der Waals surface area (Å²) in [4.78, 5) is 4.27. The van der Waals surface area contributed by atoms with Gasteiger partial charge in [0.05, 0.1) is 6.61 Å². The number of guanidine groups is 1. The van der Waals surface area contributed by atoms with Crippen molar-refractivity contribution in [2.24, 2.45) is 16.3 Å². The summed E-state index contributed by atoms with van der Waals surface area (Å²) in [6, 6.07) is 0. The summed E-state index contributed by atoms with van der Waals surface area (Å²) >= 11 is 0. The molecule has 1 rings (SSSR count). The zero-order valence-corrected chi connectivity index (χ0v) is 16.0. The molecule has 1 saturated heterocycles. The molecule has 0 aromatic rings. The molecular weight excluding hydrogens is 381 g/mol. The molecular formula is C15H32IN3O2. The van der Waals surface area contributed by atoms with Gasteiger partial charge < -0.3 is 20.5 Å². The van der Waals surface area contributed by atoms with E-state index in [2.05, 4.69) is 29.5 Å². The van der Waals surface area contributed by atoms with Gasteiger partial charge in [-0.25, -0.2) is 0 Å². The first-order valence-electron chi connectivity index (χ1n) is 7.82. The molecule has 0 saturated carbocycles. The second-order valence-electron chi connectivity index (χ2n) is 5.77. The van der Waals surface area contributed by atoms with Gasteiger partial charge in [0, 0.05) is 38.8 Å². The van der Waals surface area contributed by atoms with Gasteiger partial charge >= 0.3 is 0 Å². The lowest BCUT2D eigenvalue weighted by Gasteiger charge is -2.28. The summed E-state index contributed by atoms with van der Waals surface area (Å²) in [5, 5.41) is 16.0. The fourth-order valence-corrected chi connectivity index (χ4v) is 2.62. The lowest BCUT2D eigenvalue weighted by atomic mass is 9.84. The maximum atomic E-state index is 9.23. The molecule has 6 heteroatoms. The number of nitrogens with zero attached hydrogens (tertiary/aromatic N) is 1. The van der Waals surface area contributed by atoms with Crippen LogP contribution in [0.1, 0.15) is 39.5 Å². The topological polar surface area (TPSA) is 65.9 Å². The minimum atomic E-state index is 0. The second-order valence-corrected chi connectivity index (χ2v) is 5.77. The molecule has 1 aliphatic rings. The van der Waals surface area contributed by atoms with Crippen molar-refractivity contribution in [3.8, 4) is 0 Å². The van der Waals surface area contributed by atoms with Gasteiger partial charge in [0.15, 0.2) is 5.96 Å². The van der Waals surface area contributed by atoms with Gasteiger partial charge in [-0.1, -0.05) is 26.7 Å². The Hall–Kier alpha value is -0.0800. The summed E-state index contributed by atoms with van der Waals surface area (Å²) in [5.74, 6) is 1.54. The van der Waals surface area contributed by atoms with Crippen molar-refractivity contribution in [1.29, 1.82) is 0 Å². The summed E-state index contributed by atoms with van der Waals surface area (Å²) in [5.41, 5.74) is 0.0568. The zero-order chi connectivity index (χ0) is 14.8. The molecule has 126 valence electrons. The molecule has 0 spiro atoms. The first kappa shape index (κ1) is 20.9. The molecule has 0 amide bonds. The number of aliphatic imine (C=N–C) groups is 1. The number of ether oxygens (including phenoxy) is 1. The summed E-state index contributed by atoms with van der Waals surface area (Å²) in [6.07, 6.45) is 4.15. The molecule has 1 atom stereocenters. The molecule has 3 N–H and O–H groups in total. The molecule has 0 aromatic carbocycles. The van der Waals surface area contributed by atoms with Gasteiger partial charge in [0.25, 0.3) is 0 Å². The number of hydrogen-bond donors (Lipinski definition) is 3. The van der Waals surface area contributed by atoms with Gasteiger partial charge in [-0.05, 0) is 18.8 Å². The van der Waals surface area contributed by atoms with Crippen LogP contribution in [0.2, 0.25) is 0 Å². The number of hydrogen-bond acceptors (Lipinski definition) is 3. The lowest BCUT2D eigenvalue weighted by Crippen LogP contribution is -2.45. The van der Waals surface area contributed by atoms with E-state index in [1.807, 2.05) is 0 Å². The Morgan fingerprint density at radius 1 is 1.33 bits per heavy atom. The van der Waals surface area contributed by atoms with Crippen LogP contribution < -0.4 is 10.6 Å². The second kappa shape index (κ2) is 11.5. The van der Waals surface area contributed by atoms with Crippen molar-refractivity contribution < 1.29 is 9.84 Å². The molecule has 1 heterocycles. The maximum absolute atomic E-state index is 9.23. The van der Waals surface area contributed by atoms with Crippen molar-refractivity contribution in [2.45, 2.75) is 39.5 Å². The van der Waals surface area contributed by atoms with Gasteiger partial charge in [-0.15, -0.1) is 24.0 Å². The van der Waals surface area contributed by atoms with E-state index >= 15 is 0 Å². The molecule has 1 fully saturated rings. The third-order valence-corrected chi connectivity index (χ3v) is 4.39. The van der Waals surface area contributed by atoms with Crippen LogP contribution in [0.5, 0.6) is 0 Å². The van der Waals surface area contributed by atoms with E-state index in [9.17, 15) is 5.11 Å². The third kappa shape index (κ3) is 7.15. The number of halogens is 1. The quantitative estimate of drug-likeness (QED) is 0.324. The van der Waals surface area contributed by atoms with E-state index in [1.54, 1.807) is 7.05 Å². The molecule has 21 heavy (non-hydrogen) atoms. The van der Waals surface area contributed by atoms with Crippen LogP contribution >= 0.6 is 24.0 Å². The smallest absolute Gasteiger partial charge is 0.191 e. The standard InChI is InChI=1S/C15H31N3O2.HI/c1-4-13(5-2)10-17-14(16-3)18-11-15(6-8-19)7-9-20-12-15;/h13,19H,4-12H2,1-3H3,(H2,16,17,18);1H. The molecule has 1 aliphatic heterocycles. The lowest BCUT2D eigenvalue weighted by molar-refractivity contribution is 0.127. The minimum Gasteiger partial charge on any atom is -0.396 e. The van der Waals surface area contributed by atoms with Crippen LogP contribution in [0.3, 0.4) is 0 Å². The fraction of sp³-hybridized carbons (Fsp3) is 0.933. The predicted octanol–water partition coefficient (Wildman–Crippen LogP) is 1.99. The summed E-state index contributed by atoms with van der Waals surface area (Å²) in [7, 11) is 1.80. The van der Waals surface area contributed by atoms with Crippen LogP contribution in [-0.4, -0.2) is 51.0 Å².